The van der Waals surface area contributed by atoms with Crippen LogP contribution in [-0.4, -0.2) is 16.9 Å². The van der Waals surface area contributed by atoms with Crippen molar-refractivity contribution in [3.63, 3.8) is 0 Å². The average Bonchev–Trinajstić information content (AvgIpc) is 2.93. The lowest BCUT2D eigenvalue weighted by molar-refractivity contribution is 0.0975. The molecule has 0 saturated heterocycles. The van der Waals surface area contributed by atoms with E-state index in [4.69, 9.17) is 29.6 Å². The van der Waals surface area contributed by atoms with Crippen molar-refractivity contribution in [2.75, 3.05) is 5.32 Å². The summed E-state index contributed by atoms with van der Waals surface area (Å²) in [4.78, 5) is 25.6. The molecule has 0 bridgehead atoms. The normalized spacial score (nSPS) is 15.7. The first kappa shape index (κ1) is 20.3. The molecule has 3 rings (SSSR count). The first-order valence-electron chi connectivity index (χ1n) is 8.28. The zero-order valence-electron chi connectivity index (χ0n) is 14.4. The molecular formula is C18H17BrClN3O2S2. The van der Waals surface area contributed by atoms with Crippen LogP contribution in [0.25, 0.3) is 0 Å². The summed E-state index contributed by atoms with van der Waals surface area (Å²) in [6, 6.07) is 4.98. The molecule has 142 valence electrons. The summed E-state index contributed by atoms with van der Waals surface area (Å²) in [5.74, 6) is -0.363. The van der Waals surface area contributed by atoms with Crippen LogP contribution >= 0.6 is 51.1 Å². The summed E-state index contributed by atoms with van der Waals surface area (Å²) in [6.45, 7) is 2.19. The Kier molecular flexibility index (Phi) is 6.20. The molecule has 9 heteroatoms. The molecule has 27 heavy (non-hydrogen) atoms. The van der Waals surface area contributed by atoms with Gasteiger partial charge in [0.1, 0.15) is 5.00 Å². The van der Waals surface area contributed by atoms with E-state index in [0.29, 0.717) is 27.1 Å². The Morgan fingerprint density at radius 1 is 1.41 bits per heavy atom. The van der Waals surface area contributed by atoms with Crippen molar-refractivity contribution in [3.05, 3.63) is 49.3 Å². The van der Waals surface area contributed by atoms with Gasteiger partial charge in [-0.05, 0) is 61.2 Å². The number of benzene rings is 1. The number of hydrogen-bond acceptors (Lipinski definition) is 4. The van der Waals surface area contributed by atoms with Gasteiger partial charge in [0.25, 0.3) is 11.8 Å². The van der Waals surface area contributed by atoms with Crippen molar-refractivity contribution in [2.24, 2.45) is 11.7 Å². The molecular weight excluding hydrogens is 470 g/mol. The smallest absolute Gasteiger partial charge is 0.258 e. The van der Waals surface area contributed by atoms with Crippen LogP contribution in [0.2, 0.25) is 5.02 Å². The van der Waals surface area contributed by atoms with Gasteiger partial charge >= 0.3 is 0 Å². The van der Waals surface area contributed by atoms with Gasteiger partial charge in [0, 0.05) is 9.35 Å². The Morgan fingerprint density at radius 3 is 2.85 bits per heavy atom. The SMILES string of the molecule is C[C@H]1CCc2c(sc(NC(=S)NC(=O)c3cc(Br)ccc3Cl)c2C(N)=O)C1. The Bertz CT molecular complexity index is 945. The van der Waals surface area contributed by atoms with Gasteiger partial charge in [-0.15, -0.1) is 11.3 Å². The second kappa shape index (κ2) is 8.26. The molecule has 0 spiro atoms. The number of fused-ring (bicyclic) bond motifs is 1. The Hall–Kier alpha value is -1.48. The summed E-state index contributed by atoms with van der Waals surface area (Å²) in [6.07, 6.45) is 2.75. The number of nitrogens with two attached hydrogens (primary N) is 1. The quantitative estimate of drug-likeness (QED) is 0.557. The molecule has 5 nitrogen and oxygen atoms in total. The van der Waals surface area contributed by atoms with Gasteiger partial charge in [-0.1, -0.05) is 34.5 Å². The highest BCUT2D eigenvalue weighted by Crippen LogP contribution is 2.39. The largest absolute Gasteiger partial charge is 0.365 e. The minimum atomic E-state index is -0.492. The van der Waals surface area contributed by atoms with Crippen molar-refractivity contribution in [1.82, 2.24) is 5.32 Å². The average molecular weight is 487 g/mol. The molecule has 2 aromatic rings. The third-order valence-electron chi connectivity index (χ3n) is 4.39. The Labute approximate surface area is 179 Å². The summed E-state index contributed by atoms with van der Waals surface area (Å²) < 4.78 is 0.729. The van der Waals surface area contributed by atoms with Gasteiger partial charge in [-0.2, -0.15) is 0 Å². The van der Waals surface area contributed by atoms with Crippen molar-refractivity contribution in [3.8, 4) is 0 Å². The zero-order chi connectivity index (χ0) is 19.7. The van der Waals surface area contributed by atoms with Crippen molar-refractivity contribution < 1.29 is 9.59 Å². The minimum Gasteiger partial charge on any atom is -0.365 e. The van der Waals surface area contributed by atoms with Crippen LogP contribution in [-0.2, 0) is 12.8 Å². The molecule has 0 unspecified atom stereocenters. The first-order valence-corrected chi connectivity index (χ1v) is 10.7. The predicted molar refractivity (Wildman–Crippen MR) is 117 cm³/mol. The fourth-order valence-corrected chi connectivity index (χ4v) is 5.32. The summed E-state index contributed by atoms with van der Waals surface area (Å²) in [5.41, 5.74) is 7.36. The topological polar surface area (TPSA) is 84.2 Å². The maximum Gasteiger partial charge on any atom is 0.258 e. The Balaban J connectivity index is 1.79. The lowest BCUT2D eigenvalue weighted by Crippen LogP contribution is -2.34. The van der Waals surface area contributed by atoms with Crippen LogP contribution in [0.4, 0.5) is 5.00 Å². The van der Waals surface area contributed by atoms with E-state index in [1.807, 2.05) is 0 Å². The van der Waals surface area contributed by atoms with Crippen LogP contribution in [0.1, 0.15) is 44.5 Å². The number of hydrogen-bond donors (Lipinski definition) is 3. The van der Waals surface area contributed by atoms with E-state index in [2.05, 4.69) is 33.5 Å². The van der Waals surface area contributed by atoms with Gasteiger partial charge in [0.15, 0.2) is 5.11 Å². The van der Waals surface area contributed by atoms with Crippen LogP contribution in [0.15, 0.2) is 22.7 Å². The van der Waals surface area contributed by atoms with Gasteiger partial charge in [0.2, 0.25) is 0 Å². The second-order valence-electron chi connectivity index (χ2n) is 6.45. The number of primary amides is 1. The molecule has 0 fully saturated rings. The van der Waals surface area contributed by atoms with E-state index in [9.17, 15) is 9.59 Å². The molecule has 1 aliphatic rings. The lowest BCUT2D eigenvalue weighted by Gasteiger charge is -2.18. The lowest BCUT2D eigenvalue weighted by atomic mass is 9.88. The second-order valence-corrected chi connectivity index (χ2v) is 9.29. The standard InChI is InChI=1S/C18H17BrClN3O2S2/c1-8-2-4-10-13(6-8)27-17(14(10)15(21)24)23-18(26)22-16(25)11-7-9(19)3-5-12(11)20/h3,5,7-8H,2,4,6H2,1H3,(H2,21,24)(H2,22,23,25,26)/t8-/m0/s1. The first-order chi connectivity index (χ1) is 12.8. The number of thiocarbonyl (C=S) groups is 1. The number of nitrogens with one attached hydrogen (secondary N) is 2. The highest BCUT2D eigenvalue weighted by Gasteiger charge is 2.27. The van der Waals surface area contributed by atoms with E-state index in [1.165, 1.54) is 11.3 Å². The molecule has 0 radical (unpaired) electrons. The summed E-state index contributed by atoms with van der Waals surface area (Å²) >= 11 is 16.1. The van der Waals surface area contributed by atoms with E-state index in [-0.39, 0.29) is 5.11 Å². The number of amides is 2. The van der Waals surface area contributed by atoms with Crippen LogP contribution in [0, 0.1) is 5.92 Å². The number of carbonyl (C=O) groups excluding carboxylic acids is 2. The van der Waals surface area contributed by atoms with Crippen molar-refractivity contribution >= 4 is 73.0 Å². The molecule has 0 saturated carbocycles. The molecule has 1 atom stereocenters. The zero-order valence-corrected chi connectivity index (χ0v) is 18.4. The number of thiophene rings is 1. The molecule has 1 heterocycles. The number of anilines is 1. The number of carbonyl (C=O) groups is 2. The maximum absolute atomic E-state index is 12.4. The molecule has 1 aromatic carbocycles. The van der Waals surface area contributed by atoms with E-state index < -0.39 is 11.8 Å². The number of rotatable bonds is 3. The van der Waals surface area contributed by atoms with Crippen LogP contribution in [0.3, 0.4) is 0 Å². The fraction of sp³-hybridized carbons (Fsp3) is 0.278. The van der Waals surface area contributed by atoms with Crippen LogP contribution < -0.4 is 16.4 Å². The maximum atomic E-state index is 12.4. The third-order valence-corrected chi connectivity index (χ3v) is 6.58. The van der Waals surface area contributed by atoms with E-state index in [0.717, 1.165) is 34.2 Å². The monoisotopic (exact) mass is 485 g/mol. The summed E-state index contributed by atoms with van der Waals surface area (Å²) in [7, 11) is 0. The molecule has 2 amide bonds. The Morgan fingerprint density at radius 2 is 2.15 bits per heavy atom. The van der Waals surface area contributed by atoms with E-state index >= 15 is 0 Å². The van der Waals surface area contributed by atoms with Gasteiger partial charge in [-0.25, -0.2) is 0 Å². The summed E-state index contributed by atoms with van der Waals surface area (Å²) in [5, 5.41) is 6.54. The van der Waals surface area contributed by atoms with E-state index in [1.54, 1.807) is 18.2 Å². The molecule has 4 N–H and O–H groups in total. The van der Waals surface area contributed by atoms with Crippen LogP contribution in [0.5, 0.6) is 0 Å². The highest BCUT2D eigenvalue weighted by atomic mass is 79.9. The van der Waals surface area contributed by atoms with Gasteiger partial charge < -0.3 is 11.1 Å². The fourth-order valence-electron chi connectivity index (χ4n) is 3.08. The van der Waals surface area contributed by atoms with Crippen molar-refractivity contribution in [1.29, 1.82) is 0 Å². The molecule has 1 aromatic heterocycles. The highest BCUT2D eigenvalue weighted by molar-refractivity contribution is 9.10. The third kappa shape index (κ3) is 4.51. The number of halogens is 2. The van der Waals surface area contributed by atoms with Gasteiger partial charge in [0.05, 0.1) is 16.1 Å². The van der Waals surface area contributed by atoms with Gasteiger partial charge in [-0.3, -0.25) is 14.9 Å². The van der Waals surface area contributed by atoms with Crippen molar-refractivity contribution in [2.45, 2.75) is 26.2 Å². The minimum absolute atomic E-state index is 0.0881. The molecule has 0 aliphatic heterocycles. The predicted octanol–water partition coefficient (Wildman–Crippen LogP) is 4.51. The molecule has 1 aliphatic carbocycles.